The molecule has 0 aliphatic carbocycles. The molecule has 2 rings (SSSR count). The molecular formula is C10H7BrN2O. The summed E-state index contributed by atoms with van der Waals surface area (Å²) in [7, 11) is 0. The summed E-state index contributed by atoms with van der Waals surface area (Å²) < 4.78 is 2.59. The molecule has 0 aliphatic rings. The van der Waals surface area contributed by atoms with E-state index in [1.165, 1.54) is 0 Å². The fourth-order valence-corrected chi connectivity index (χ4v) is 1.77. The van der Waals surface area contributed by atoms with Crippen molar-refractivity contribution in [1.29, 1.82) is 0 Å². The van der Waals surface area contributed by atoms with Gasteiger partial charge in [-0.25, -0.2) is 4.68 Å². The maximum atomic E-state index is 10.5. The second-order valence-corrected chi connectivity index (χ2v) is 3.63. The molecule has 0 spiro atoms. The molecule has 0 saturated carbocycles. The Morgan fingerprint density at radius 2 is 2.29 bits per heavy atom. The lowest BCUT2D eigenvalue weighted by Crippen LogP contribution is -1.95. The van der Waals surface area contributed by atoms with Gasteiger partial charge in [-0.3, -0.25) is 4.79 Å². The zero-order chi connectivity index (χ0) is 9.97. The number of aromatic nitrogens is 2. The van der Waals surface area contributed by atoms with E-state index in [9.17, 15) is 4.79 Å². The van der Waals surface area contributed by atoms with Crippen molar-refractivity contribution < 1.29 is 4.79 Å². The van der Waals surface area contributed by atoms with Gasteiger partial charge in [0.15, 0.2) is 0 Å². The molecule has 1 heterocycles. The highest BCUT2D eigenvalue weighted by Gasteiger charge is 2.02. The lowest BCUT2D eigenvalue weighted by atomic mass is 10.2. The minimum Gasteiger partial charge on any atom is -0.298 e. The number of nitrogens with zero attached hydrogens (tertiary/aromatic N) is 2. The Morgan fingerprint density at radius 3 is 2.86 bits per heavy atom. The van der Waals surface area contributed by atoms with Crippen LogP contribution in [-0.4, -0.2) is 16.1 Å². The van der Waals surface area contributed by atoms with Crippen molar-refractivity contribution in [3.8, 4) is 5.69 Å². The number of carbonyl (C=O) groups is 1. The van der Waals surface area contributed by atoms with Gasteiger partial charge in [0.2, 0.25) is 0 Å². The summed E-state index contributed by atoms with van der Waals surface area (Å²) in [5.41, 5.74) is 1.56. The van der Waals surface area contributed by atoms with Crippen molar-refractivity contribution in [3.63, 3.8) is 0 Å². The van der Waals surface area contributed by atoms with Gasteiger partial charge >= 0.3 is 0 Å². The van der Waals surface area contributed by atoms with Crippen LogP contribution in [0.15, 0.2) is 41.1 Å². The molecule has 0 amide bonds. The van der Waals surface area contributed by atoms with Crippen molar-refractivity contribution in [3.05, 3.63) is 46.7 Å². The van der Waals surface area contributed by atoms with E-state index in [4.69, 9.17) is 0 Å². The van der Waals surface area contributed by atoms with Crippen molar-refractivity contribution in [2.45, 2.75) is 0 Å². The summed E-state index contributed by atoms with van der Waals surface area (Å²) >= 11 is 3.39. The van der Waals surface area contributed by atoms with E-state index in [1.807, 2.05) is 18.3 Å². The van der Waals surface area contributed by atoms with E-state index >= 15 is 0 Å². The Kier molecular flexibility index (Phi) is 2.45. The lowest BCUT2D eigenvalue weighted by molar-refractivity contribution is 0.112. The Balaban J connectivity index is 2.51. The van der Waals surface area contributed by atoms with Crippen molar-refractivity contribution >= 4 is 22.2 Å². The molecule has 0 atom stereocenters. The van der Waals surface area contributed by atoms with Crippen LogP contribution in [0, 0.1) is 0 Å². The first kappa shape index (κ1) is 9.15. The van der Waals surface area contributed by atoms with Crippen LogP contribution >= 0.6 is 15.9 Å². The van der Waals surface area contributed by atoms with Crippen LogP contribution in [0.4, 0.5) is 0 Å². The first-order valence-electron chi connectivity index (χ1n) is 4.06. The Bertz CT molecular complexity index is 451. The second-order valence-electron chi connectivity index (χ2n) is 2.78. The first-order valence-corrected chi connectivity index (χ1v) is 4.85. The fourth-order valence-electron chi connectivity index (χ4n) is 1.19. The molecule has 1 aromatic carbocycles. The summed E-state index contributed by atoms with van der Waals surface area (Å²) in [4.78, 5) is 10.5. The van der Waals surface area contributed by atoms with E-state index in [2.05, 4.69) is 21.0 Å². The van der Waals surface area contributed by atoms with Crippen molar-refractivity contribution in [2.75, 3.05) is 0 Å². The lowest BCUT2D eigenvalue weighted by Gasteiger charge is -2.04. The molecule has 3 nitrogen and oxygen atoms in total. The van der Waals surface area contributed by atoms with E-state index in [-0.39, 0.29) is 0 Å². The smallest absolute Gasteiger partial charge is 0.150 e. The van der Waals surface area contributed by atoms with Crippen LogP contribution in [0.3, 0.4) is 0 Å². The Hall–Kier alpha value is -1.42. The highest BCUT2D eigenvalue weighted by atomic mass is 79.9. The number of benzene rings is 1. The van der Waals surface area contributed by atoms with Gasteiger partial charge in [0.1, 0.15) is 6.29 Å². The van der Waals surface area contributed by atoms with Crippen molar-refractivity contribution in [1.82, 2.24) is 9.78 Å². The molecule has 2 aromatic rings. The minimum atomic E-state index is 0.646. The molecule has 0 saturated heterocycles. The van der Waals surface area contributed by atoms with E-state index in [0.717, 1.165) is 16.4 Å². The van der Waals surface area contributed by atoms with Crippen LogP contribution in [0.1, 0.15) is 10.4 Å². The number of rotatable bonds is 2. The van der Waals surface area contributed by atoms with Gasteiger partial charge in [0.25, 0.3) is 0 Å². The third-order valence-corrected chi connectivity index (χ3v) is 2.49. The monoisotopic (exact) mass is 250 g/mol. The zero-order valence-electron chi connectivity index (χ0n) is 7.22. The standard InChI is InChI=1S/C10H7BrN2O/c11-9-6-8(7-14)2-3-10(9)13-5-1-4-12-13/h1-7H. The third-order valence-electron chi connectivity index (χ3n) is 1.86. The molecule has 0 unspecified atom stereocenters. The SMILES string of the molecule is O=Cc1ccc(-n2cccn2)c(Br)c1. The first-order chi connectivity index (χ1) is 6.81. The van der Waals surface area contributed by atoms with Gasteiger partial charge < -0.3 is 0 Å². The summed E-state index contributed by atoms with van der Waals surface area (Å²) in [5.74, 6) is 0. The zero-order valence-corrected chi connectivity index (χ0v) is 8.81. The van der Waals surface area contributed by atoms with Crippen LogP contribution in [0.25, 0.3) is 5.69 Å². The number of carbonyl (C=O) groups excluding carboxylic acids is 1. The number of hydrogen-bond acceptors (Lipinski definition) is 2. The van der Waals surface area contributed by atoms with Crippen LogP contribution in [0.5, 0.6) is 0 Å². The van der Waals surface area contributed by atoms with Gasteiger partial charge in [0, 0.05) is 22.4 Å². The molecule has 0 radical (unpaired) electrons. The molecule has 70 valence electrons. The van der Waals surface area contributed by atoms with Gasteiger partial charge in [0.05, 0.1) is 5.69 Å². The maximum Gasteiger partial charge on any atom is 0.150 e. The molecule has 0 bridgehead atoms. The summed E-state index contributed by atoms with van der Waals surface area (Å²) in [5, 5.41) is 4.10. The predicted molar refractivity (Wildman–Crippen MR) is 56.7 cm³/mol. The van der Waals surface area contributed by atoms with E-state index in [1.54, 1.807) is 23.0 Å². The van der Waals surface area contributed by atoms with E-state index < -0.39 is 0 Å². The average molecular weight is 251 g/mol. The quantitative estimate of drug-likeness (QED) is 0.768. The molecule has 14 heavy (non-hydrogen) atoms. The predicted octanol–water partition coefficient (Wildman–Crippen LogP) is 2.45. The number of halogens is 1. The average Bonchev–Trinajstić information content (AvgIpc) is 2.70. The summed E-state index contributed by atoms with van der Waals surface area (Å²) in [6, 6.07) is 7.22. The molecular weight excluding hydrogens is 244 g/mol. The highest BCUT2D eigenvalue weighted by Crippen LogP contribution is 2.20. The van der Waals surface area contributed by atoms with Gasteiger partial charge in [-0.05, 0) is 40.2 Å². The van der Waals surface area contributed by atoms with Gasteiger partial charge in [-0.15, -0.1) is 0 Å². The van der Waals surface area contributed by atoms with Gasteiger partial charge in [-0.1, -0.05) is 0 Å². The molecule has 4 heteroatoms. The van der Waals surface area contributed by atoms with E-state index in [0.29, 0.717) is 5.56 Å². The molecule has 1 aromatic heterocycles. The normalized spacial score (nSPS) is 10.1. The van der Waals surface area contributed by atoms with Gasteiger partial charge in [-0.2, -0.15) is 5.10 Å². The fraction of sp³-hybridized carbons (Fsp3) is 0. The summed E-state index contributed by atoms with van der Waals surface area (Å²) in [6.45, 7) is 0. The minimum absolute atomic E-state index is 0.646. The van der Waals surface area contributed by atoms with Crippen LogP contribution in [0.2, 0.25) is 0 Å². The molecule has 0 fully saturated rings. The van der Waals surface area contributed by atoms with Crippen molar-refractivity contribution in [2.24, 2.45) is 0 Å². The highest BCUT2D eigenvalue weighted by molar-refractivity contribution is 9.10. The topological polar surface area (TPSA) is 34.9 Å². The largest absolute Gasteiger partial charge is 0.298 e. The van der Waals surface area contributed by atoms with Crippen LogP contribution in [-0.2, 0) is 0 Å². The molecule has 0 N–H and O–H groups in total. The van der Waals surface area contributed by atoms with Crippen LogP contribution < -0.4 is 0 Å². The summed E-state index contributed by atoms with van der Waals surface area (Å²) in [6.07, 6.45) is 4.37. The maximum absolute atomic E-state index is 10.5. The third kappa shape index (κ3) is 1.61. The number of hydrogen-bond donors (Lipinski definition) is 0. The molecule has 0 aliphatic heterocycles. The second kappa shape index (κ2) is 3.75. The number of aldehydes is 1. The Morgan fingerprint density at radius 1 is 1.43 bits per heavy atom. The Labute approximate surface area is 89.5 Å².